The summed E-state index contributed by atoms with van der Waals surface area (Å²) in [6.45, 7) is 5.07. The van der Waals surface area contributed by atoms with Gasteiger partial charge in [-0.1, -0.05) is 15.9 Å². The normalized spacial score (nSPS) is 11.2. The van der Waals surface area contributed by atoms with Gasteiger partial charge in [-0.25, -0.2) is 9.52 Å². The van der Waals surface area contributed by atoms with E-state index >= 15 is 0 Å². The molecule has 1 aromatic rings. The molecule has 19 heavy (non-hydrogen) atoms. The van der Waals surface area contributed by atoms with Gasteiger partial charge < -0.3 is 4.74 Å². The van der Waals surface area contributed by atoms with Gasteiger partial charge in [0.1, 0.15) is 0 Å². The summed E-state index contributed by atoms with van der Waals surface area (Å²) in [6.07, 6.45) is -1.42. The molecular weight excluding hydrogens is 336 g/mol. The first-order valence-corrected chi connectivity index (χ1v) is 7.74. The Kier molecular flexibility index (Phi) is 5.19. The second-order valence-electron chi connectivity index (χ2n) is 4.13. The third-order valence-corrected chi connectivity index (χ3v) is 3.80. The standard InChI is InChI=1S/C11H15BrN2O4S/c1-7(2)18-11(15)14-19(16,17)13-9-4-5-10(12)8(3)6-9/h4-7,13H,1-3H3,(H,14,15). The third kappa shape index (κ3) is 5.48. The van der Waals surface area contributed by atoms with Crippen LogP contribution in [0.3, 0.4) is 0 Å². The zero-order chi connectivity index (χ0) is 14.6. The summed E-state index contributed by atoms with van der Waals surface area (Å²) in [6, 6.07) is 4.92. The molecule has 0 aliphatic carbocycles. The number of aryl methyl sites for hydroxylation is 1. The first-order chi connectivity index (χ1) is 8.69. The lowest BCUT2D eigenvalue weighted by atomic mass is 10.2. The lowest BCUT2D eigenvalue weighted by Crippen LogP contribution is -2.36. The van der Waals surface area contributed by atoms with Crippen molar-refractivity contribution in [1.29, 1.82) is 0 Å². The summed E-state index contributed by atoms with van der Waals surface area (Å²) >= 11 is 3.31. The molecule has 0 saturated heterocycles. The van der Waals surface area contributed by atoms with E-state index in [4.69, 9.17) is 0 Å². The monoisotopic (exact) mass is 350 g/mol. The van der Waals surface area contributed by atoms with Gasteiger partial charge in [0, 0.05) is 4.47 Å². The Morgan fingerprint density at radius 3 is 2.53 bits per heavy atom. The van der Waals surface area contributed by atoms with Crippen molar-refractivity contribution in [2.24, 2.45) is 0 Å². The van der Waals surface area contributed by atoms with Crippen molar-refractivity contribution in [1.82, 2.24) is 4.72 Å². The first-order valence-electron chi connectivity index (χ1n) is 5.47. The lowest BCUT2D eigenvalue weighted by molar-refractivity contribution is 0.121. The van der Waals surface area contributed by atoms with Crippen molar-refractivity contribution in [2.75, 3.05) is 4.72 Å². The van der Waals surface area contributed by atoms with Crippen LogP contribution < -0.4 is 9.44 Å². The molecule has 0 aliphatic rings. The molecule has 1 aromatic carbocycles. The van der Waals surface area contributed by atoms with Gasteiger partial charge in [-0.2, -0.15) is 8.42 Å². The summed E-state index contributed by atoms with van der Waals surface area (Å²) in [4.78, 5) is 11.2. The molecule has 0 fully saturated rings. The fourth-order valence-corrected chi connectivity index (χ4v) is 2.24. The number of hydrogen-bond acceptors (Lipinski definition) is 4. The Balaban J connectivity index is 2.74. The van der Waals surface area contributed by atoms with Crippen LogP contribution in [0, 0.1) is 6.92 Å². The molecule has 0 heterocycles. The van der Waals surface area contributed by atoms with E-state index in [-0.39, 0.29) is 0 Å². The average molecular weight is 351 g/mol. The average Bonchev–Trinajstić information content (AvgIpc) is 2.20. The number of amides is 1. The smallest absolute Gasteiger partial charge is 0.422 e. The highest BCUT2D eigenvalue weighted by Gasteiger charge is 2.16. The summed E-state index contributed by atoms with van der Waals surface area (Å²) in [5.41, 5.74) is 1.22. The van der Waals surface area contributed by atoms with Gasteiger partial charge in [-0.15, -0.1) is 0 Å². The molecule has 0 radical (unpaired) electrons. The molecule has 0 bridgehead atoms. The van der Waals surface area contributed by atoms with Crippen molar-refractivity contribution in [3.63, 3.8) is 0 Å². The molecular formula is C11H15BrN2O4S. The van der Waals surface area contributed by atoms with Crippen molar-refractivity contribution in [3.05, 3.63) is 28.2 Å². The number of benzene rings is 1. The second kappa shape index (κ2) is 6.25. The van der Waals surface area contributed by atoms with E-state index in [1.54, 1.807) is 36.8 Å². The van der Waals surface area contributed by atoms with E-state index in [9.17, 15) is 13.2 Å². The minimum absolute atomic E-state index is 0.352. The Labute approximate surface area is 120 Å². The highest BCUT2D eigenvalue weighted by atomic mass is 79.9. The zero-order valence-corrected chi connectivity index (χ0v) is 13.1. The van der Waals surface area contributed by atoms with Gasteiger partial charge in [0.2, 0.25) is 0 Å². The Morgan fingerprint density at radius 1 is 1.37 bits per heavy atom. The fraction of sp³-hybridized carbons (Fsp3) is 0.364. The molecule has 0 aromatic heterocycles. The topological polar surface area (TPSA) is 84.5 Å². The van der Waals surface area contributed by atoms with Crippen LogP contribution in [0.15, 0.2) is 22.7 Å². The molecule has 1 amide bonds. The number of carbonyl (C=O) groups excluding carboxylic acids is 1. The molecule has 2 N–H and O–H groups in total. The number of carbonyl (C=O) groups is 1. The van der Waals surface area contributed by atoms with Crippen LogP contribution in [0.25, 0.3) is 0 Å². The van der Waals surface area contributed by atoms with E-state index in [1.807, 2.05) is 6.92 Å². The largest absolute Gasteiger partial charge is 0.446 e. The number of rotatable bonds is 4. The van der Waals surface area contributed by atoms with Gasteiger partial charge in [-0.3, -0.25) is 4.72 Å². The number of hydrogen-bond donors (Lipinski definition) is 2. The maximum Gasteiger partial charge on any atom is 0.422 e. The van der Waals surface area contributed by atoms with Gasteiger partial charge in [0.05, 0.1) is 11.8 Å². The van der Waals surface area contributed by atoms with Crippen LogP contribution in [-0.2, 0) is 14.9 Å². The Hall–Kier alpha value is -1.28. The van der Waals surface area contributed by atoms with E-state index < -0.39 is 22.4 Å². The Bertz CT molecular complexity index is 572. The maximum absolute atomic E-state index is 11.7. The predicted octanol–water partition coefficient (Wildman–Crippen LogP) is 2.55. The van der Waals surface area contributed by atoms with Crippen molar-refractivity contribution in [3.8, 4) is 0 Å². The van der Waals surface area contributed by atoms with Crippen molar-refractivity contribution in [2.45, 2.75) is 26.9 Å². The summed E-state index contributed by atoms with van der Waals surface area (Å²) in [7, 11) is -4.00. The summed E-state index contributed by atoms with van der Waals surface area (Å²) < 4.78 is 32.8. The predicted molar refractivity (Wildman–Crippen MR) is 76.2 cm³/mol. The molecule has 1 rings (SSSR count). The molecule has 8 heteroatoms. The summed E-state index contributed by atoms with van der Waals surface area (Å²) in [5.74, 6) is 0. The number of halogens is 1. The van der Waals surface area contributed by atoms with Crippen LogP contribution in [0.5, 0.6) is 0 Å². The zero-order valence-electron chi connectivity index (χ0n) is 10.7. The minimum Gasteiger partial charge on any atom is -0.446 e. The summed E-state index contributed by atoms with van der Waals surface area (Å²) in [5, 5.41) is 0. The molecule has 6 nitrogen and oxygen atoms in total. The van der Waals surface area contributed by atoms with Gasteiger partial charge in [0.25, 0.3) is 0 Å². The third-order valence-electron chi connectivity index (χ3n) is 1.97. The number of nitrogens with one attached hydrogen (secondary N) is 2. The van der Waals surface area contributed by atoms with Crippen LogP contribution >= 0.6 is 15.9 Å². The van der Waals surface area contributed by atoms with Crippen LogP contribution in [-0.4, -0.2) is 20.6 Å². The van der Waals surface area contributed by atoms with E-state index in [0.717, 1.165) is 10.0 Å². The number of ether oxygens (including phenoxy) is 1. The van der Waals surface area contributed by atoms with Crippen LogP contribution in [0.2, 0.25) is 0 Å². The van der Waals surface area contributed by atoms with E-state index in [2.05, 4.69) is 25.4 Å². The van der Waals surface area contributed by atoms with Gasteiger partial charge in [0.15, 0.2) is 0 Å². The molecule has 0 aliphatic heterocycles. The molecule has 0 unspecified atom stereocenters. The number of anilines is 1. The van der Waals surface area contributed by atoms with Crippen LogP contribution in [0.4, 0.5) is 10.5 Å². The van der Waals surface area contributed by atoms with Crippen molar-refractivity contribution >= 4 is 37.9 Å². The Morgan fingerprint density at radius 2 is 2.00 bits per heavy atom. The molecule has 106 valence electrons. The van der Waals surface area contributed by atoms with Gasteiger partial charge in [-0.05, 0) is 44.5 Å². The van der Waals surface area contributed by atoms with Crippen molar-refractivity contribution < 1.29 is 17.9 Å². The molecule has 0 atom stereocenters. The van der Waals surface area contributed by atoms with E-state index in [0.29, 0.717) is 5.69 Å². The minimum atomic E-state index is -4.00. The lowest BCUT2D eigenvalue weighted by Gasteiger charge is -2.12. The van der Waals surface area contributed by atoms with E-state index in [1.165, 1.54) is 0 Å². The SMILES string of the molecule is Cc1cc(NS(=O)(=O)NC(=O)OC(C)C)ccc1Br. The molecule has 0 saturated carbocycles. The highest BCUT2D eigenvalue weighted by Crippen LogP contribution is 2.20. The second-order valence-corrected chi connectivity index (χ2v) is 6.40. The van der Waals surface area contributed by atoms with Gasteiger partial charge >= 0.3 is 16.3 Å². The maximum atomic E-state index is 11.7. The highest BCUT2D eigenvalue weighted by molar-refractivity contribution is 9.10. The molecule has 0 spiro atoms. The quantitative estimate of drug-likeness (QED) is 0.873. The fourth-order valence-electron chi connectivity index (χ4n) is 1.24. The first kappa shape index (κ1) is 15.8. The van der Waals surface area contributed by atoms with Crippen LogP contribution in [0.1, 0.15) is 19.4 Å².